The van der Waals surface area contributed by atoms with E-state index in [1.807, 2.05) is 0 Å². The summed E-state index contributed by atoms with van der Waals surface area (Å²) in [6.07, 6.45) is 5.02. The lowest BCUT2D eigenvalue weighted by atomic mass is 9.77. The van der Waals surface area contributed by atoms with Crippen molar-refractivity contribution in [2.75, 3.05) is 0 Å². The van der Waals surface area contributed by atoms with E-state index in [-0.39, 0.29) is 6.04 Å². The zero-order valence-electron chi connectivity index (χ0n) is 12.2. The van der Waals surface area contributed by atoms with E-state index >= 15 is 0 Å². The monoisotopic (exact) mass is 265 g/mol. The largest absolute Gasteiger partial charge is 0.328 e. The highest BCUT2D eigenvalue weighted by molar-refractivity contribution is 5.68. The van der Waals surface area contributed by atoms with E-state index in [9.17, 15) is 0 Å². The number of rotatable bonds is 4. The fourth-order valence-electron chi connectivity index (χ4n) is 3.03. The van der Waals surface area contributed by atoms with Crippen LogP contribution >= 0.6 is 0 Å². The van der Waals surface area contributed by atoms with E-state index in [0.717, 1.165) is 12.3 Å². The second-order valence-corrected chi connectivity index (χ2v) is 6.09. The van der Waals surface area contributed by atoms with Crippen molar-refractivity contribution in [2.45, 2.75) is 44.6 Å². The lowest BCUT2D eigenvalue weighted by Gasteiger charge is -2.28. The first-order chi connectivity index (χ1) is 9.74. The Morgan fingerprint density at radius 3 is 2.35 bits per heavy atom. The van der Waals surface area contributed by atoms with Crippen LogP contribution in [0.2, 0.25) is 0 Å². The third-order valence-electron chi connectivity index (χ3n) is 4.33. The van der Waals surface area contributed by atoms with Gasteiger partial charge in [0.15, 0.2) is 0 Å². The highest BCUT2D eigenvalue weighted by Gasteiger charge is 2.22. The summed E-state index contributed by atoms with van der Waals surface area (Å²) < 4.78 is 0. The molecular weight excluding hydrogens is 242 g/mol. The molecule has 1 fully saturated rings. The van der Waals surface area contributed by atoms with Crippen LogP contribution in [0.5, 0.6) is 0 Å². The molecule has 0 spiro atoms. The average Bonchev–Trinajstić information content (AvgIpc) is 2.38. The van der Waals surface area contributed by atoms with Crippen molar-refractivity contribution in [1.82, 2.24) is 0 Å². The van der Waals surface area contributed by atoms with Crippen molar-refractivity contribution in [2.24, 2.45) is 5.73 Å². The van der Waals surface area contributed by atoms with E-state index in [1.165, 1.54) is 41.5 Å². The first-order valence-electron chi connectivity index (χ1n) is 7.68. The van der Waals surface area contributed by atoms with Crippen molar-refractivity contribution in [1.29, 1.82) is 0 Å². The Kier molecular flexibility index (Phi) is 3.88. The van der Waals surface area contributed by atoms with E-state index in [2.05, 4.69) is 55.5 Å². The molecule has 104 valence electrons. The standard InChI is InChI=1S/C19H23N/c1-14(20)13-15-9-11-17(12-10-15)19-8-3-2-7-18(19)16-5-4-6-16/h2-3,7-12,14,16H,4-6,13,20H2,1H3. The topological polar surface area (TPSA) is 26.0 Å². The molecule has 0 bridgehead atoms. The molecular formula is C19H23N. The summed E-state index contributed by atoms with van der Waals surface area (Å²) in [5.74, 6) is 0.773. The minimum Gasteiger partial charge on any atom is -0.328 e. The Labute approximate surface area is 121 Å². The van der Waals surface area contributed by atoms with Crippen LogP contribution in [0.4, 0.5) is 0 Å². The maximum atomic E-state index is 5.86. The van der Waals surface area contributed by atoms with Gasteiger partial charge in [0.25, 0.3) is 0 Å². The third-order valence-corrected chi connectivity index (χ3v) is 4.33. The maximum Gasteiger partial charge on any atom is 0.00509 e. The van der Waals surface area contributed by atoms with E-state index in [4.69, 9.17) is 5.73 Å². The van der Waals surface area contributed by atoms with Crippen LogP contribution < -0.4 is 5.73 Å². The van der Waals surface area contributed by atoms with Crippen molar-refractivity contribution in [3.05, 3.63) is 59.7 Å². The van der Waals surface area contributed by atoms with Crippen molar-refractivity contribution < 1.29 is 0 Å². The molecule has 1 aliphatic carbocycles. The van der Waals surface area contributed by atoms with Gasteiger partial charge in [-0.1, -0.05) is 55.0 Å². The normalized spacial score (nSPS) is 16.7. The quantitative estimate of drug-likeness (QED) is 0.864. The third kappa shape index (κ3) is 2.78. The molecule has 1 atom stereocenters. The van der Waals surface area contributed by atoms with Crippen LogP contribution in [0.25, 0.3) is 11.1 Å². The summed E-state index contributed by atoms with van der Waals surface area (Å²) in [5, 5.41) is 0. The van der Waals surface area contributed by atoms with Crippen LogP contribution in [0.15, 0.2) is 48.5 Å². The van der Waals surface area contributed by atoms with Crippen molar-refractivity contribution >= 4 is 0 Å². The second kappa shape index (κ2) is 5.80. The van der Waals surface area contributed by atoms with E-state index in [1.54, 1.807) is 0 Å². The molecule has 1 heteroatoms. The van der Waals surface area contributed by atoms with Gasteiger partial charge in [-0.15, -0.1) is 0 Å². The summed E-state index contributed by atoms with van der Waals surface area (Å²) in [7, 11) is 0. The van der Waals surface area contributed by atoms with Gasteiger partial charge in [0, 0.05) is 6.04 Å². The molecule has 1 nitrogen and oxygen atoms in total. The molecule has 0 amide bonds. The molecule has 20 heavy (non-hydrogen) atoms. The summed E-state index contributed by atoms with van der Waals surface area (Å²) in [6, 6.07) is 18.0. The fraction of sp³-hybridized carbons (Fsp3) is 0.368. The zero-order valence-corrected chi connectivity index (χ0v) is 12.2. The molecule has 2 aromatic carbocycles. The molecule has 1 unspecified atom stereocenters. The smallest absolute Gasteiger partial charge is 0.00509 e. The van der Waals surface area contributed by atoms with Crippen LogP contribution in [0.1, 0.15) is 43.2 Å². The maximum absolute atomic E-state index is 5.86. The van der Waals surface area contributed by atoms with Crippen LogP contribution in [0.3, 0.4) is 0 Å². The van der Waals surface area contributed by atoms with Crippen LogP contribution in [-0.4, -0.2) is 6.04 Å². The highest BCUT2D eigenvalue weighted by atomic mass is 14.6. The summed E-state index contributed by atoms with van der Waals surface area (Å²) in [6.45, 7) is 2.06. The Balaban J connectivity index is 1.89. The van der Waals surface area contributed by atoms with Crippen molar-refractivity contribution in [3.63, 3.8) is 0 Å². The molecule has 3 rings (SSSR count). The molecule has 0 aromatic heterocycles. The molecule has 0 saturated heterocycles. The number of hydrogen-bond acceptors (Lipinski definition) is 1. The first-order valence-corrected chi connectivity index (χ1v) is 7.68. The molecule has 1 aliphatic rings. The van der Waals surface area contributed by atoms with Gasteiger partial charge in [-0.3, -0.25) is 0 Å². The van der Waals surface area contributed by atoms with Gasteiger partial charge in [-0.05, 0) is 54.4 Å². The molecule has 0 heterocycles. The van der Waals surface area contributed by atoms with Crippen LogP contribution in [-0.2, 0) is 6.42 Å². The molecule has 0 aliphatic heterocycles. The van der Waals surface area contributed by atoms with Gasteiger partial charge in [0.1, 0.15) is 0 Å². The SMILES string of the molecule is CC(N)Cc1ccc(-c2ccccc2C2CCC2)cc1. The van der Waals surface area contributed by atoms with Crippen molar-refractivity contribution in [3.8, 4) is 11.1 Å². The summed E-state index contributed by atoms with van der Waals surface area (Å²) in [5.41, 5.74) is 11.5. The Morgan fingerprint density at radius 1 is 1.05 bits per heavy atom. The van der Waals surface area contributed by atoms with E-state index < -0.39 is 0 Å². The van der Waals surface area contributed by atoms with Crippen LogP contribution in [0, 0.1) is 0 Å². The number of benzene rings is 2. The molecule has 2 N–H and O–H groups in total. The van der Waals surface area contributed by atoms with E-state index in [0.29, 0.717) is 0 Å². The molecule has 0 radical (unpaired) electrons. The number of hydrogen-bond donors (Lipinski definition) is 1. The first kappa shape index (κ1) is 13.4. The second-order valence-electron chi connectivity index (χ2n) is 6.09. The van der Waals surface area contributed by atoms with Gasteiger partial charge in [0.05, 0.1) is 0 Å². The predicted molar refractivity (Wildman–Crippen MR) is 85.8 cm³/mol. The van der Waals surface area contributed by atoms with Gasteiger partial charge >= 0.3 is 0 Å². The summed E-state index contributed by atoms with van der Waals surface area (Å²) >= 11 is 0. The minimum atomic E-state index is 0.225. The lowest BCUT2D eigenvalue weighted by molar-refractivity contribution is 0.420. The average molecular weight is 265 g/mol. The fourth-order valence-corrected chi connectivity index (χ4v) is 3.03. The minimum absolute atomic E-state index is 0.225. The molecule has 1 saturated carbocycles. The van der Waals surface area contributed by atoms with Gasteiger partial charge in [0.2, 0.25) is 0 Å². The lowest BCUT2D eigenvalue weighted by Crippen LogP contribution is -2.17. The van der Waals surface area contributed by atoms with Gasteiger partial charge < -0.3 is 5.73 Å². The zero-order chi connectivity index (χ0) is 13.9. The van der Waals surface area contributed by atoms with Gasteiger partial charge in [-0.25, -0.2) is 0 Å². The highest BCUT2D eigenvalue weighted by Crippen LogP contribution is 2.40. The van der Waals surface area contributed by atoms with Gasteiger partial charge in [-0.2, -0.15) is 0 Å². The Bertz CT molecular complexity index is 565. The summed E-state index contributed by atoms with van der Waals surface area (Å²) in [4.78, 5) is 0. The Morgan fingerprint density at radius 2 is 1.75 bits per heavy atom. The predicted octanol–water partition coefficient (Wildman–Crippen LogP) is 4.51. The molecule has 2 aromatic rings. The Hall–Kier alpha value is -1.60. The number of nitrogens with two attached hydrogens (primary N) is 1.